The van der Waals surface area contributed by atoms with E-state index in [1.54, 1.807) is 48.5 Å². The molecule has 2 nitrogen and oxygen atoms in total. The first-order valence-electron chi connectivity index (χ1n) is 29.8. The number of ether oxygens (including phenoxy) is 1. The highest BCUT2D eigenvalue weighted by atomic mass is 16.5. The fraction of sp³-hybridized carbons (Fsp3) is 0.0972. The number of carbonyl (C=O) groups excluding carboxylic acids is 1. The van der Waals surface area contributed by atoms with Crippen molar-refractivity contribution >= 4 is 297 Å². The van der Waals surface area contributed by atoms with E-state index in [1.807, 2.05) is 0 Å². The van der Waals surface area contributed by atoms with Crippen molar-refractivity contribution in [2.45, 2.75) is 35.5 Å². The summed E-state index contributed by atoms with van der Waals surface area (Å²) in [5, 5.41) is 80.4. The minimum absolute atomic E-state index is 0.0830. The van der Waals surface area contributed by atoms with Gasteiger partial charge in [0.2, 0.25) is 0 Å². The quantitative estimate of drug-likeness (QED) is 0.127. The van der Waals surface area contributed by atoms with Crippen LogP contribution in [0.5, 0.6) is 0 Å². The summed E-state index contributed by atoms with van der Waals surface area (Å²) in [6.45, 7) is 0. The minimum Gasteiger partial charge on any atom is -0.469 e. The molecule has 0 aliphatic heterocycles. The first-order chi connectivity index (χ1) is 38.9. The van der Waals surface area contributed by atoms with Crippen molar-refractivity contribution in [3.05, 3.63) is 58.0 Å². The molecule has 1 saturated carbocycles. The first kappa shape index (κ1) is 25.7. The third-order valence-electron chi connectivity index (χ3n) is 26.6. The number of methoxy groups -OCH3 is 1. The number of hydrogen-bond acceptors (Lipinski definition) is 2. The van der Waals surface area contributed by atoms with Crippen LogP contribution in [-0.2, 0) is 25.8 Å². The maximum atomic E-state index is 13.8. The molecule has 314 valence electrons. The van der Waals surface area contributed by atoms with Gasteiger partial charge in [-0.05, 0) is 332 Å². The van der Waals surface area contributed by atoms with Crippen LogP contribution in [0.4, 0.5) is 0 Å². The van der Waals surface area contributed by atoms with E-state index in [0.29, 0.717) is 18.4 Å². The van der Waals surface area contributed by atoms with E-state index in [4.69, 9.17) is 4.74 Å². The van der Waals surface area contributed by atoms with Crippen LogP contribution in [0.1, 0.15) is 53.9 Å². The average molecular weight is 916 g/mol. The van der Waals surface area contributed by atoms with Crippen molar-refractivity contribution in [2.75, 3.05) is 7.11 Å². The van der Waals surface area contributed by atoms with E-state index in [2.05, 4.69) is 0 Å². The van der Waals surface area contributed by atoms with Crippen LogP contribution in [0.3, 0.4) is 0 Å². The maximum absolute atomic E-state index is 13.8. The van der Waals surface area contributed by atoms with Crippen molar-refractivity contribution in [1.82, 2.24) is 0 Å². The van der Waals surface area contributed by atoms with Crippen molar-refractivity contribution in [1.29, 1.82) is 0 Å². The van der Waals surface area contributed by atoms with Crippen molar-refractivity contribution in [3.8, 4) is 0 Å². The summed E-state index contributed by atoms with van der Waals surface area (Å²) in [5.41, 5.74) is 3.27. The summed E-state index contributed by atoms with van der Waals surface area (Å²) in [6, 6.07) is -1.05. The predicted molar refractivity (Wildman–Crippen MR) is 308 cm³/mol. The molecule has 29 aromatic carbocycles. The average Bonchev–Trinajstić information content (AvgIpc) is 1.36. The predicted octanol–water partition coefficient (Wildman–Crippen LogP) is 18.6. The van der Waals surface area contributed by atoms with Gasteiger partial charge in [0.05, 0.1) is 14.0 Å². The van der Waals surface area contributed by atoms with Crippen molar-refractivity contribution in [2.24, 2.45) is 0 Å². The fourth-order valence-corrected chi connectivity index (χ4v) is 26.7. The van der Waals surface area contributed by atoms with Gasteiger partial charge in [0, 0.05) is 22.7 Å². The summed E-state index contributed by atoms with van der Waals surface area (Å²) in [4.78, 5) is 13.8. The molecule has 5 aliphatic carbocycles. The topological polar surface area (TPSA) is 26.3 Å². The summed E-state index contributed by atoms with van der Waals surface area (Å²) < 4.78 is 55.4. The SMILES string of the molecule is [2H]c1c([2H])c([2H])c(C2(CCCC(=O)OC)C34c5c6c7c8c9c%10c(c%11c%12c3c3c%13c5c5c%14c6c6c8c8c9c9c%15c%10c%11c%10c%11c%12c3c3c%12c%13c5c5c%13c%14c6c6c8c8c9c9c%15c%10c%10c%11c3c3c%12c5c5c%13c6c8c6c9c%10c3c56)C724)c([2H])c1[2H]. The van der Waals surface area contributed by atoms with Crippen LogP contribution in [-0.4, -0.2) is 13.1 Å². The number of esters is 1. The number of benzene rings is 18. The van der Waals surface area contributed by atoms with Crippen LogP contribution < -0.4 is 0 Å². The molecule has 0 heterocycles. The Morgan fingerprint density at radius 3 is 0.784 bits per heavy atom. The third-order valence-corrected chi connectivity index (χ3v) is 26.6. The van der Waals surface area contributed by atoms with Crippen molar-refractivity contribution in [3.63, 3.8) is 0 Å². The Hall–Kier alpha value is -8.85. The minimum atomic E-state index is -1.07. The van der Waals surface area contributed by atoms with Crippen molar-refractivity contribution < 1.29 is 16.4 Å². The van der Waals surface area contributed by atoms with Crippen LogP contribution in [0.25, 0.3) is 291 Å². The van der Waals surface area contributed by atoms with E-state index in [9.17, 15) is 11.6 Å². The molecule has 2 atom stereocenters. The zero-order chi connectivity index (χ0) is 48.9. The van der Waals surface area contributed by atoms with Gasteiger partial charge >= 0.3 is 5.97 Å². The highest BCUT2D eigenvalue weighted by Gasteiger charge is 2.94. The number of carbonyl (C=O) groups is 1. The third kappa shape index (κ3) is 1.50. The second-order valence-corrected chi connectivity index (χ2v) is 26.6. The van der Waals surface area contributed by atoms with Gasteiger partial charge in [0.1, 0.15) is 0 Å². The summed E-state index contributed by atoms with van der Waals surface area (Å²) in [6.07, 6.45) is 1.11. The Kier molecular flexibility index (Phi) is 2.26. The van der Waals surface area contributed by atoms with Gasteiger partial charge in [0.25, 0.3) is 0 Å². The molecule has 0 N–H and O–H groups in total. The molecule has 2 spiro atoms. The van der Waals surface area contributed by atoms with Crippen LogP contribution in [0, 0.1) is 0 Å². The second kappa shape index (κ2) is 6.52. The van der Waals surface area contributed by atoms with Gasteiger partial charge in [-0.3, -0.25) is 4.79 Å². The molecule has 34 rings (SSSR count). The van der Waals surface area contributed by atoms with Gasteiger partial charge in [-0.15, -0.1) is 0 Å². The zero-order valence-electron chi connectivity index (χ0n) is 42.9. The monoisotopic (exact) mass is 915 g/mol. The lowest BCUT2D eigenvalue weighted by Crippen LogP contribution is -2.27. The van der Waals surface area contributed by atoms with E-state index >= 15 is 0 Å². The zero-order valence-corrected chi connectivity index (χ0v) is 37.9. The molecule has 0 aromatic heterocycles. The van der Waals surface area contributed by atoms with E-state index in [1.165, 1.54) is 272 Å². The maximum Gasteiger partial charge on any atom is 0.305 e. The Morgan fingerprint density at radius 2 is 0.527 bits per heavy atom. The molecule has 74 heavy (non-hydrogen) atoms. The molecule has 0 amide bonds. The van der Waals surface area contributed by atoms with Gasteiger partial charge in [0.15, 0.2) is 0 Å². The van der Waals surface area contributed by atoms with E-state index in [0.717, 1.165) is 0 Å². The van der Waals surface area contributed by atoms with Gasteiger partial charge in [-0.25, -0.2) is 0 Å². The molecule has 2 unspecified atom stereocenters. The van der Waals surface area contributed by atoms with Crippen LogP contribution in [0.15, 0.2) is 30.2 Å². The van der Waals surface area contributed by atoms with Crippen LogP contribution >= 0.6 is 0 Å². The molecule has 0 bridgehead atoms. The molecular formula is C72H14O2. The second-order valence-electron chi connectivity index (χ2n) is 26.6. The van der Waals surface area contributed by atoms with Gasteiger partial charge in [-0.1, -0.05) is 30.2 Å². The smallest absolute Gasteiger partial charge is 0.305 e. The van der Waals surface area contributed by atoms with Gasteiger partial charge < -0.3 is 4.74 Å². The molecule has 0 saturated heterocycles. The molecule has 5 aliphatic rings. The fourth-order valence-electron chi connectivity index (χ4n) is 26.7. The largest absolute Gasteiger partial charge is 0.469 e. The summed E-state index contributed by atoms with van der Waals surface area (Å²) in [7, 11) is 1.48. The molecule has 1 fully saturated rings. The van der Waals surface area contributed by atoms with Crippen LogP contribution in [0.2, 0.25) is 0 Å². The number of hydrogen-bond donors (Lipinski definition) is 0. The molecule has 0 radical (unpaired) electrons. The highest BCUT2D eigenvalue weighted by Crippen LogP contribution is 2.97. The Balaban J connectivity index is 1.08. The first-order valence-corrected chi connectivity index (χ1v) is 27.3. The standard InChI is InChI=1S/C72H14O2/c1-74-11(73)8-5-9-70(10-6-3-2-4-7-10)71-66-59-52-40-32-23-14-12-13-15-18(14)27-34(32)42-43-35(27)33-24(15)26-22-17(13)20-19-16(12)21-25(23)38(40)46-44-30(21)28(19)36-37-29(20)31(22)45-47-39(26)41(33)53-55(43)64(63(66)54(42)52)67-60(53)58(47)62-51(45)49(37)56-48(36)50(44)61(57(46)59)68(71)65(56)69(62)72(67,70)71/h2-4,6-7H,5,8-9H2,1H3/i2D,3D,4D,6D,7D. The highest BCUT2D eigenvalue weighted by molar-refractivity contribution is 6.82. The summed E-state index contributed by atoms with van der Waals surface area (Å²) >= 11 is 0. The Labute approximate surface area is 412 Å². The van der Waals surface area contributed by atoms with E-state index < -0.39 is 16.2 Å². The normalized spacial score (nSPS) is 24.5. The molecular weight excluding hydrogens is 897 g/mol. The Bertz CT molecular complexity index is 7610. The lowest BCUT2D eigenvalue weighted by Gasteiger charge is -2.33. The lowest BCUT2D eigenvalue weighted by atomic mass is 9.68. The lowest BCUT2D eigenvalue weighted by molar-refractivity contribution is -0.140. The van der Waals surface area contributed by atoms with Gasteiger partial charge in [-0.2, -0.15) is 0 Å². The Morgan fingerprint density at radius 1 is 0.324 bits per heavy atom. The number of rotatable bonds is 5. The summed E-state index contributed by atoms with van der Waals surface area (Å²) in [5.74, 6) is -0.271. The molecule has 2 heteroatoms. The molecule has 29 aromatic rings. The van der Waals surface area contributed by atoms with E-state index in [-0.39, 0.29) is 42.6 Å².